The first-order valence-electron chi connectivity index (χ1n) is 12.6. The zero-order chi connectivity index (χ0) is 24.9. The number of allylic oxidation sites excluding steroid dienone is 4. The Bertz CT molecular complexity index is 1000. The molecule has 3 heterocycles. The van der Waals surface area contributed by atoms with Crippen LogP contribution in [0.3, 0.4) is 0 Å². The van der Waals surface area contributed by atoms with Crippen LogP contribution in [-0.4, -0.2) is 39.0 Å². The van der Waals surface area contributed by atoms with Crippen molar-refractivity contribution in [2.24, 2.45) is 0 Å². The first kappa shape index (κ1) is 26.1. The van der Waals surface area contributed by atoms with Gasteiger partial charge in [-0.1, -0.05) is 50.3 Å². The van der Waals surface area contributed by atoms with Crippen LogP contribution in [0.25, 0.3) is 0 Å². The van der Waals surface area contributed by atoms with Crippen LogP contribution in [-0.2, 0) is 4.74 Å². The van der Waals surface area contributed by atoms with Gasteiger partial charge in [-0.15, -0.1) is 0 Å². The first-order valence-corrected chi connectivity index (χ1v) is 12.6. The summed E-state index contributed by atoms with van der Waals surface area (Å²) in [7, 11) is 0. The standard InChI is InChI=1S/C10H13NO.C9H11NO.C8H9NO.C2H6/c1-8-7-11-9-5-3-2-4-6-10(9)12-8;1-7-2-3-9-8(6-7)10-4-5-11-9;1-2-4-8-7(3-1)9-5-6-10-8;1-2/h2,4-6,8,11H,3,7H2,1H3;2-3,6,10H,4-5H2,1H3;1-4,9H,5-6H2;1-2H3. The van der Waals surface area contributed by atoms with Crippen LogP contribution < -0.4 is 25.4 Å². The molecule has 188 valence electrons. The Hall–Kier alpha value is -3.54. The zero-order valence-corrected chi connectivity index (χ0v) is 21.4. The number of ether oxygens (including phenoxy) is 3. The minimum absolute atomic E-state index is 0.278. The second-order valence-electron chi connectivity index (χ2n) is 8.17. The lowest BCUT2D eigenvalue weighted by molar-refractivity contribution is 0.116. The van der Waals surface area contributed by atoms with E-state index in [0.29, 0.717) is 0 Å². The summed E-state index contributed by atoms with van der Waals surface area (Å²) in [5, 5.41) is 9.85. The molecule has 0 bridgehead atoms. The van der Waals surface area contributed by atoms with Crippen molar-refractivity contribution in [3.8, 4) is 11.5 Å². The van der Waals surface area contributed by atoms with Crippen molar-refractivity contribution >= 4 is 11.4 Å². The van der Waals surface area contributed by atoms with Gasteiger partial charge in [0.1, 0.15) is 36.6 Å². The molecular weight excluding hydrogens is 438 g/mol. The van der Waals surface area contributed by atoms with Crippen LogP contribution in [0.4, 0.5) is 11.4 Å². The van der Waals surface area contributed by atoms with Crippen molar-refractivity contribution in [3.63, 3.8) is 0 Å². The van der Waals surface area contributed by atoms with Gasteiger partial charge in [0, 0.05) is 13.1 Å². The molecule has 0 saturated carbocycles. The van der Waals surface area contributed by atoms with Crippen LogP contribution in [0.5, 0.6) is 11.5 Å². The molecule has 1 saturated heterocycles. The molecule has 35 heavy (non-hydrogen) atoms. The summed E-state index contributed by atoms with van der Waals surface area (Å²) < 4.78 is 16.4. The molecule has 1 atom stereocenters. The van der Waals surface area contributed by atoms with E-state index in [2.05, 4.69) is 54.1 Å². The largest absolute Gasteiger partial charge is 0.490 e. The van der Waals surface area contributed by atoms with E-state index in [-0.39, 0.29) is 6.10 Å². The predicted octanol–water partition coefficient (Wildman–Crippen LogP) is 6.04. The number of para-hydroxylation sites is 2. The highest BCUT2D eigenvalue weighted by Gasteiger charge is 2.17. The Balaban J connectivity index is 0.000000142. The van der Waals surface area contributed by atoms with E-state index >= 15 is 0 Å². The number of aryl methyl sites for hydroxylation is 1. The summed E-state index contributed by atoms with van der Waals surface area (Å²) in [5.74, 6) is 2.91. The molecule has 2 aromatic carbocycles. The average molecular weight is 478 g/mol. The molecule has 2 aromatic rings. The monoisotopic (exact) mass is 477 g/mol. The SMILES string of the molecule is CC.CC1CNC2=CCC=CC=C2O1.Cc1ccc2c(c1)NCCO2.c1ccc2c(c1)NCCO2. The third-order valence-corrected chi connectivity index (χ3v) is 5.39. The van der Waals surface area contributed by atoms with Crippen molar-refractivity contribution in [1.82, 2.24) is 5.32 Å². The number of anilines is 2. The van der Waals surface area contributed by atoms with Crippen molar-refractivity contribution in [2.45, 2.75) is 40.2 Å². The summed E-state index contributed by atoms with van der Waals surface area (Å²) in [6, 6.07) is 14.2. The number of hydrogen-bond acceptors (Lipinski definition) is 6. The van der Waals surface area contributed by atoms with E-state index in [0.717, 1.165) is 73.6 Å². The van der Waals surface area contributed by atoms with Crippen LogP contribution in [0, 0.1) is 6.92 Å². The Labute approximate surface area is 210 Å². The van der Waals surface area contributed by atoms with E-state index in [4.69, 9.17) is 14.2 Å². The highest BCUT2D eigenvalue weighted by molar-refractivity contribution is 5.59. The van der Waals surface area contributed by atoms with Gasteiger partial charge in [-0.25, -0.2) is 0 Å². The van der Waals surface area contributed by atoms with E-state index in [1.807, 2.05) is 56.3 Å². The Morgan fingerprint density at radius 3 is 2.34 bits per heavy atom. The van der Waals surface area contributed by atoms with Crippen LogP contribution in [0.15, 0.2) is 78.2 Å². The number of benzene rings is 2. The fourth-order valence-electron chi connectivity index (χ4n) is 3.72. The lowest BCUT2D eigenvalue weighted by Gasteiger charge is -2.26. The topological polar surface area (TPSA) is 63.8 Å². The molecule has 6 rings (SSSR count). The Kier molecular flexibility index (Phi) is 10.4. The van der Waals surface area contributed by atoms with E-state index < -0.39 is 0 Å². The molecule has 3 N–H and O–H groups in total. The van der Waals surface area contributed by atoms with Gasteiger partial charge < -0.3 is 30.2 Å². The van der Waals surface area contributed by atoms with Gasteiger partial charge in [0.15, 0.2) is 0 Å². The number of fused-ring (bicyclic) bond motifs is 3. The maximum atomic E-state index is 5.65. The van der Waals surface area contributed by atoms with E-state index in [1.165, 1.54) is 5.56 Å². The quantitative estimate of drug-likeness (QED) is 0.430. The van der Waals surface area contributed by atoms with E-state index in [1.54, 1.807) is 0 Å². The van der Waals surface area contributed by atoms with Gasteiger partial charge in [0.05, 0.1) is 23.6 Å². The van der Waals surface area contributed by atoms with Gasteiger partial charge >= 0.3 is 0 Å². The molecule has 0 aromatic heterocycles. The molecule has 1 fully saturated rings. The predicted molar refractivity (Wildman–Crippen MR) is 145 cm³/mol. The molecule has 4 aliphatic rings. The smallest absolute Gasteiger partial charge is 0.142 e. The second-order valence-corrected chi connectivity index (χ2v) is 8.17. The Morgan fingerprint density at radius 2 is 1.57 bits per heavy atom. The normalized spacial score (nSPS) is 18.3. The molecule has 0 radical (unpaired) electrons. The molecule has 6 heteroatoms. The van der Waals surface area contributed by atoms with Gasteiger partial charge in [0.25, 0.3) is 0 Å². The zero-order valence-electron chi connectivity index (χ0n) is 21.4. The van der Waals surface area contributed by atoms with Crippen molar-refractivity contribution < 1.29 is 14.2 Å². The number of rotatable bonds is 0. The lowest BCUT2D eigenvalue weighted by atomic mass is 10.2. The van der Waals surface area contributed by atoms with Crippen molar-refractivity contribution in [1.29, 1.82) is 0 Å². The molecular formula is C29H39N3O3. The van der Waals surface area contributed by atoms with E-state index in [9.17, 15) is 0 Å². The van der Waals surface area contributed by atoms with Crippen molar-refractivity contribution in [2.75, 3.05) is 43.5 Å². The third-order valence-electron chi connectivity index (χ3n) is 5.39. The maximum Gasteiger partial charge on any atom is 0.142 e. The summed E-state index contributed by atoms with van der Waals surface area (Å²) in [6.07, 6.45) is 9.59. The highest BCUT2D eigenvalue weighted by atomic mass is 16.5. The Morgan fingerprint density at radius 1 is 0.857 bits per heavy atom. The molecule has 0 amide bonds. The fourth-order valence-corrected chi connectivity index (χ4v) is 3.72. The maximum absolute atomic E-state index is 5.65. The minimum Gasteiger partial charge on any atom is -0.490 e. The van der Waals surface area contributed by atoms with Gasteiger partial charge in [-0.3, -0.25) is 0 Å². The second kappa shape index (κ2) is 14.0. The fraction of sp³-hybridized carbons (Fsp3) is 0.379. The van der Waals surface area contributed by atoms with Crippen LogP contribution in [0.2, 0.25) is 0 Å². The minimum atomic E-state index is 0.278. The molecule has 0 spiro atoms. The number of morpholine rings is 1. The number of nitrogens with one attached hydrogen (secondary N) is 3. The first-order chi connectivity index (χ1) is 17.2. The van der Waals surface area contributed by atoms with Crippen LogP contribution >= 0.6 is 0 Å². The van der Waals surface area contributed by atoms with Gasteiger partial charge in [0.2, 0.25) is 0 Å². The highest BCUT2D eigenvalue weighted by Crippen LogP contribution is 2.27. The summed E-state index contributed by atoms with van der Waals surface area (Å²) in [6.45, 7) is 12.4. The van der Waals surface area contributed by atoms with Crippen molar-refractivity contribution in [3.05, 3.63) is 83.8 Å². The van der Waals surface area contributed by atoms with Gasteiger partial charge in [-0.2, -0.15) is 0 Å². The average Bonchev–Trinajstić information content (AvgIpc) is 3.15. The lowest BCUT2D eigenvalue weighted by Crippen LogP contribution is -2.33. The summed E-state index contributed by atoms with van der Waals surface area (Å²) in [4.78, 5) is 0. The summed E-state index contributed by atoms with van der Waals surface area (Å²) in [5.41, 5.74) is 4.63. The molecule has 1 unspecified atom stereocenters. The number of hydrogen-bond donors (Lipinski definition) is 3. The third kappa shape index (κ3) is 8.02. The molecule has 3 aliphatic heterocycles. The van der Waals surface area contributed by atoms with Gasteiger partial charge in [-0.05, 0) is 56.2 Å². The summed E-state index contributed by atoms with van der Waals surface area (Å²) >= 11 is 0. The molecule has 6 nitrogen and oxygen atoms in total. The molecule has 1 aliphatic carbocycles. The van der Waals surface area contributed by atoms with Crippen LogP contribution in [0.1, 0.15) is 32.8 Å².